The van der Waals surface area contributed by atoms with E-state index in [4.69, 9.17) is 4.74 Å². The number of ether oxygens (including phenoxy) is 1. The molecule has 0 spiro atoms. The molecule has 8 heteroatoms. The van der Waals surface area contributed by atoms with Gasteiger partial charge in [0, 0.05) is 47.1 Å². The number of sulfonamides is 1. The summed E-state index contributed by atoms with van der Waals surface area (Å²) in [6.45, 7) is 3.55. The van der Waals surface area contributed by atoms with E-state index in [-0.39, 0.29) is 17.3 Å². The van der Waals surface area contributed by atoms with Gasteiger partial charge in [0.1, 0.15) is 5.75 Å². The second-order valence-corrected chi connectivity index (χ2v) is 10.8. The molecule has 1 aliphatic rings. The molecule has 182 valence electrons. The van der Waals surface area contributed by atoms with Gasteiger partial charge in [-0.25, -0.2) is 8.42 Å². The molecule has 0 aliphatic carbocycles. The predicted octanol–water partition coefficient (Wildman–Crippen LogP) is 4.86. The largest absolute Gasteiger partial charge is 0.497 e. The van der Waals surface area contributed by atoms with Gasteiger partial charge < -0.3 is 14.6 Å². The van der Waals surface area contributed by atoms with Crippen LogP contribution in [0.25, 0.3) is 21.8 Å². The Labute approximate surface area is 205 Å². The van der Waals surface area contributed by atoms with Crippen molar-refractivity contribution in [3.63, 3.8) is 0 Å². The highest BCUT2D eigenvalue weighted by molar-refractivity contribution is 7.89. The van der Waals surface area contributed by atoms with Gasteiger partial charge in [0.15, 0.2) is 0 Å². The molecule has 0 unspecified atom stereocenters. The summed E-state index contributed by atoms with van der Waals surface area (Å²) in [7, 11) is -2.15. The minimum absolute atomic E-state index is 0.154. The minimum Gasteiger partial charge on any atom is -0.497 e. The molecule has 7 nitrogen and oxygen atoms in total. The molecule has 1 aliphatic heterocycles. The second kappa shape index (κ2) is 9.36. The quantitative estimate of drug-likeness (QED) is 0.418. The summed E-state index contributed by atoms with van der Waals surface area (Å²) in [5.74, 6) is 0.0292. The van der Waals surface area contributed by atoms with E-state index in [1.807, 2.05) is 30.3 Å². The first kappa shape index (κ1) is 23.4. The highest BCUT2D eigenvalue weighted by Crippen LogP contribution is 2.32. The number of benzene rings is 3. The van der Waals surface area contributed by atoms with Crippen molar-refractivity contribution < 1.29 is 17.9 Å². The number of anilines is 1. The monoisotopic (exact) mass is 491 g/mol. The third kappa shape index (κ3) is 4.28. The molecular formula is C27H29N3O4S. The molecule has 4 aromatic rings. The number of piperidine rings is 1. The lowest BCUT2D eigenvalue weighted by atomic mass is 9.98. The smallest absolute Gasteiger partial charge is 0.243 e. The van der Waals surface area contributed by atoms with E-state index in [1.54, 1.807) is 24.3 Å². The Kier molecular flexibility index (Phi) is 6.25. The van der Waals surface area contributed by atoms with Crippen molar-refractivity contribution in [1.29, 1.82) is 0 Å². The Bertz CT molecular complexity index is 1490. The standard InChI is InChI=1S/C27H29N3O4S/c1-3-30-25-9-5-4-8-23(25)24-17-20(10-15-26(24)30)28-27(31)19-7-6-16-29(18-19)35(32,33)22-13-11-21(34-2)12-14-22/h4-5,8-15,17,19H,3,6-7,16,18H2,1-2H3,(H,28,31)/t19-/m0/s1. The van der Waals surface area contributed by atoms with Crippen LogP contribution in [0.3, 0.4) is 0 Å². The van der Waals surface area contributed by atoms with Gasteiger partial charge in [-0.2, -0.15) is 4.31 Å². The molecule has 0 radical (unpaired) electrons. The van der Waals surface area contributed by atoms with Crippen LogP contribution in [0.1, 0.15) is 19.8 Å². The van der Waals surface area contributed by atoms with Gasteiger partial charge in [-0.05, 0) is 68.3 Å². The van der Waals surface area contributed by atoms with Gasteiger partial charge >= 0.3 is 0 Å². The summed E-state index contributed by atoms with van der Waals surface area (Å²) in [5, 5.41) is 5.27. The first-order valence-corrected chi connectivity index (χ1v) is 13.3. The SMILES string of the molecule is CCn1c2ccccc2c2cc(NC(=O)[C@H]3CCCN(S(=O)(=O)c4ccc(OC)cc4)C3)ccc21. The van der Waals surface area contributed by atoms with Crippen LogP contribution in [0.4, 0.5) is 5.69 Å². The van der Waals surface area contributed by atoms with E-state index in [0.717, 1.165) is 28.5 Å². The fourth-order valence-corrected chi connectivity index (χ4v) is 6.51. The fourth-order valence-electron chi connectivity index (χ4n) is 4.99. The van der Waals surface area contributed by atoms with E-state index >= 15 is 0 Å². The molecule has 2 heterocycles. The van der Waals surface area contributed by atoms with Gasteiger partial charge in [-0.1, -0.05) is 18.2 Å². The summed E-state index contributed by atoms with van der Waals surface area (Å²) in [4.78, 5) is 13.4. The Morgan fingerprint density at radius 1 is 1.03 bits per heavy atom. The number of rotatable bonds is 6. The molecule has 35 heavy (non-hydrogen) atoms. The van der Waals surface area contributed by atoms with Crippen molar-refractivity contribution in [3.05, 3.63) is 66.7 Å². The number of hydrogen-bond acceptors (Lipinski definition) is 4. The summed E-state index contributed by atoms with van der Waals surface area (Å²) >= 11 is 0. The zero-order valence-electron chi connectivity index (χ0n) is 19.9. The Morgan fingerprint density at radius 2 is 1.77 bits per heavy atom. The third-order valence-corrected chi connectivity index (χ3v) is 8.69. The molecule has 1 saturated heterocycles. The average molecular weight is 492 g/mol. The van der Waals surface area contributed by atoms with Gasteiger partial charge in [-0.3, -0.25) is 4.79 Å². The molecule has 1 atom stereocenters. The molecule has 1 N–H and O–H groups in total. The van der Waals surface area contributed by atoms with E-state index in [2.05, 4.69) is 28.9 Å². The first-order valence-electron chi connectivity index (χ1n) is 11.9. The van der Waals surface area contributed by atoms with Crippen molar-refractivity contribution in [1.82, 2.24) is 8.87 Å². The van der Waals surface area contributed by atoms with Crippen molar-refractivity contribution >= 4 is 43.4 Å². The van der Waals surface area contributed by atoms with Crippen molar-refractivity contribution in [3.8, 4) is 5.75 Å². The number of amides is 1. The number of nitrogens with one attached hydrogen (secondary N) is 1. The maximum absolute atomic E-state index is 13.2. The van der Waals surface area contributed by atoms with E-state index in [9.17, 15) is 13.2 Å². The first-order chi connectivity index (χ1) is 16.9. The molecule has 0 bridgehead atoms. The van der Waals surface area contributed by atoms with Crippen LogP contribution in [0.5, 0.6) is 5.75 Å². The summed E-state index contributed by atoms with van der Waals surface area (Å²) in [6, 6.07) is 20.6. The highest BCUT2D eigenvalue weighted by atomic mass is 32.2. The lowest BCUT2D eigenvalue weighted by molar-refractivity contribution is -0.120. The summed E-state index contributed by atoms with van der Waals surface area (Å²) < 4.78 is 35.1. The van der Waals surface area contributed by atoms with E-state index in [1.165, 1.54) is 16.9 Å². The Morgan fingerprint density at radius 3 is 2.51 bits per heavy atom. The van der Waals surface area contributed by atoms with Gasteiger partial charge in [0.25, 0.3) is 0 Å². The minimum atomic E-state index is -3.68. The number of carbonyl (C=O) groups excluding carboxylic acids is 1. The Balaban J connectivity index is 1.35. The lowest BCUT2D eigenvalue weighted by Crippen LogP contribution is -2.43. The Hall–Kier alpha value is -3.36. The fraction of sp³-hybridized carbons (Fsp3) is 0.296. The molecule has 1 aromatic heterocycles. The normalized spacial score (nSPS) is 17.0. The van der Waals surface area contributed by atoms with Crippen LogP contribution in [0.15, 0.2) is 71.6 Å². The number of para-hydroxylation sites is 1. The third-order valence-electron chi connectivity index (χ3n) is 6.81. The van der Waals surface area contributed by atoms with E-state index < -0.39 is 15.9 Å². The van der Waals surface area contributed by atoms with Crippen molar-refractivity contribution in [2.45, 2.75) is 31.2 Å². The molecule has 0 saturated carbocycles. The van der Waals surface area contributed by atoms with Crippen LogP contribution in [0, 0.1) is 5.92 Å². The van der Waals surface area contributed by atoms with Crippen LogP contribution >= 0.6 is 0 Å². The summed E-state index contributed by atoms with van der Waals surface area (Å²) in [5.41, 5.74) is 3.01. The van der Waals surface area contributed by atoms with Crippen LogP contribution in [-0.2, 0) is 21.4 Å². The zero-order chi connectivity index (χ0) is 24.6. The van der Waals surface area contributed by atoms with Gasteiger partial charge in [-0.15, -0.1) is 0 Å². The molecule has 1 amide bonds. The van der Waals surface area contributed by atoms with Gasteiger partial charge in [0.05, 0.1) is 17.9 Å². The van der Waals surface area contributed by atoms with Crippen LogP contribution in [0.2, 0.25) is 0 Å². The van der Waals surface area contributed by atoms with Crippen LogP contribution in [-0.4, -0.2) is 43.4 Å². The summed E-state index contributed by atoms with van der Waals surface area (Å²) in [6.07, 6.45) is 1.29. The number of aryl methyl sites for hydroxylation is 1. The maximum Gasteiger partial charge on any atom is 0.243 e. The van der Waals surface area contributed by atoms with Crippen molar-refractivity contribution in [2.75, 3.05) is 25.5 Å². The molecular weight excluding hydrogens is 462 g/mol. The molecule has 3 aromatic carbocycles. The zero-order valence-corrected chi connectivity index (χ0v) is 20.7. The highest BCUT2D eigenvalue weighted by Gasteiger charge is 2.33. The number of methoxy groups -OCH3 is 1. The second-order valence-electron chi connectivity index (χ2n) is 8.86. The lowest BCUT2D eigenvalue weighted by Gasteiger charge is -2.31. The number of hydrogen-bond donors (Lipinski definition) is 1. The average Bonchev–Trinajstić information content (AvgIpc) is 3.21. The number of fused-ring (bicyclic) bond motifs is 3. The van der Waals surface area contributed by atoms with E-state index in [0.29, 0.717) is 25.1 Å². The topological polar surface area (TPSA) is 80.6 Å². The predicted molar refractivity (Wildman–Crippen MR) is 138 cm³/mol. The number of nitrogens with zero attached hydrogens (tertiary/aromatic N) is 2. The number of aromatic nitrogens is 1. The maximum atomic E-state index is 13.2. The molecule has 5 rings (SSSR count). The number of carbonyl (C=O) groups is 1. The van der Waals surface area contributed by atoms with Crippen molar-refractivity contribution in [2.24, 2.45) is 5.92 Å². The molecule has 1 fully saturated rings. The van der Waals surface area contributed by atoms with Gasteiger partial charge in [0.2, 0.25) is 15.9 Å². The van der Waals surface area contributed by atoms with Crippen LogP contribution < -0.4 is 10.1 Å².